The molecule has 5 heteroatoms. The maximum absolute atomic E-state index is 13.4. The summed E-state index contributed by atoms with van der Waals surface area (Å²) in [5.41, 5.74) is 2.87. The predicted molar refractivity (Wildman–Crippen MR) is 124 cm³/mol. The number of allylic oxidation sites excluding steroid dienone is 6. The second-order valence-corrected chi connectivity index (χ2v) is 8.92. The van der Waals surface area contributed by atoms with Gasteiger partial charge in [-0.25, -0.2) is 17.9 Å². The van der Waals surface area contributed by atoms with Crippen LogP contribution >= 0.6 is 0 Å². The molecule has 1 atom stereocenters. The third-order valence-electron chi connectivity index (χ3n) is 4.76. The summed E-state index contributed by atoms with van der Waals surface area (Å²) in [5.74, 6) is -0.313. The minimum Gasteiger partial charge on any atom is -0.225 e. The Morgan fingerprint density at radius 2 is 1.72 bits per heavy atom. The minimum atomic E-state index is -3.81. The van der Waals surface area contributed by atoms with E-state index in [1.54, 1.807) is 18.2 Å². The molecule has 1 aromatic carbocycles. The lowest BCUT2D eigenvalue weighted by molar-refractivity contribution is 0.461. The standard InChI is InChI=1S/C22H30FNO2S.C2H6/c1-7-18(10-9-16(3)27(24,25)26)17(4)21(15-22(5,6)8-2)19-11-13-20(23)14-12-19;1-2/h7,9-15,17H,3,8H2,1-2,4-6H3,(H2,24,25,26);1-2H3/b10-9-,18-7+,21-15+;. The zero-order valence-electron chi connectivity index (χ0n) is 18.8. The third-order valence-corrected chi connectivity index (χ3v) is 5.63. The van der Waals surface area contributed by atoms with E-state index in [-0.39, 0.29) is 22.1 Å². The van der Waals surface area contributed by atoms with E-state index in [4.69, 9.17) is 5.14 Å². The van der Waals surface area contributed by atoms with Crippen LogP contribution in [0.15, 0.2) is 65.6 Å². The molecule has 0 spiro atoms. The van der Waals surface area contributed by atoms with E-state index < -0.39 is 10.0 Å². The van der Waals surface area contributed by atoms with Gasteiger partial charge in [0.05, 0.1) is 4.91 Å². The molecule has 2 N–H and O–H groups in total. The normalized spacial score (nSPS) is 14.4. The van der Waals surface area contributed by atoms with Crippen LogP contribution in [0, 0.1) is 17.2 Å². The van der Waals surface area contributed by atoms with E-state index in [2.05, 4.69) is 33.4 Å². The van der Waals surface area contributed by atoms with Gasteiger partial charge in [-0.3, -0.25) is 0 Å². The van der Waals surface area contributed by atoms with Gasteiger partial charge < -0.3 is 0 Å². The van der Waals surface area contributed by atoms with Gasteiger partial charge in [-0.05, 0) is 53.7 Å². The predicted octanol–water partition coefficient (Wildman–Crippen LogP) is 6.61. The second kappa shape index (κ2) is 11.9. The van der Waals surface area contributed by atoms with Crippen molar-refractivity contribution in [2.24, 2.45) is 16.5 Å². The van der Waals surface area contributed by atoms with Crippen molar-refractivity contribution in [3.05, 3.63) is 77.0 Å². The van der Waals surface area contributed by atoms with Crippen molar-refractivity contribution in [3.8, 4) is 0 Å². The summed E-state index contributed by atoms with van der Waals surface area (Å²) in [7, 11) is -3.81. The molecule has 1 rings (SSSR count). The van der Waals surface area contributed by atoms with Crippen LogP contribution < -0.4 is 5.14 Å². The zero-order valence-corrected chi connectivity index (χ0v) is 19.6. The molecule has 0 amide bonds. The van der Waals surface area contributed by atoms with Gasteiger partial charge >= 0.3 is 0 Å². The fraction of sp³-hybridized carbons (Fsp3) is 0.417. The first-order valence-electron chi connectivity index (χ1n) is 9.96. The van der Waals surface area contributed by atoms with Gasteiger partial charge in [0.2, 0.25) is 10.0 Å². The van der Waals surface area contributed by atoms with Crippen LogP contribution in [0.5, 0.6) is 0 Å². The molecule has 0 bridgehead atoms. The van der Waals surface area contributed by atoms with Crippen molar-refractivity contribution in [1.82, 2.24) is 0 Å². The number of benzene rings is 1. The monoisotopic (exact) mass is 421 g/mol. The molecule has 0 radical (unpaired) electrons. The van der Waals surface area contributed by atoms with Crippen LogP contribution in [-0.2, 0) is 10.0 Å². The Hall–Kier alpha value is -1.98. The van der Waals surface area contributed by atoms with Crippen molar-refractivity contribution >= 4 is 15.6 Å². The molecule has 1 aromatic rings. The molecule has 0 heterocycles. The second-order valence-electron chi connectivity index (χ2n) is 7.30. The first-order valence-corrected chi connectivity index (χ1v) is 11.5. The maximum atomic E-state index is 13.4. The molecule has 29 heavy (non-hydrogen) atoms. The van der Waals surface area contributed by atoms with Crippen LogP contribution in [0.25, 0.3) is 5.57 Å². The number of hydrogen-bond donors (Lipinski definition) is 1. The number of rotatable bonds is 8. The summed E-state index contributed by atoms with van der Waals surface area (Å²) in [6, 6.07) is 6.43. The van der Waals surface area contributed by atoms with Crippen LogP contribution in [0.3, 0.4) is 0 Å². The summed E-state index contributed by atoms with van der Waals surface area (Å²) < 4.78 is 36.1. The summed E-state index contributed by atoms with van der Waals surface area (Å²) in [4.78, 5) is -0.143. The highest BCUT2D eigenvalue weighted by Gasteiger charge is 2.20. The highest BCUT2D eigenvalue weighted by Crippen LogP contribution is 2.35. The summed E-state index contributed by atoms with van der Waals surface area (Å²) in [5, 5.41) is 5.10. The van der Waals surface area contributed by atoms with Crippen LogP contribution in [0.1, 0.15) is 60.5 Å². The molecule has 0 saturated carbocycles. The number of halogens is 1. The van der Waals surface area contributed by atoms with E-state index >= 15 is 0 Å². The van der Waals surface area contributed by atoms with Gasteiger partial charge in [0.15, 0.2) is 0 Å². The van der Waals surface area contributed by atoms with Gasteiger partial charge in [-0.1, -0.05) is 78.5 Å². The molecule has 3 nitrogen and oxygen atoms in total. The molecule has 0 aromatic heterocycles. The average Bonchev–Trinajstić information content (AvgIpc) is 2.68. The number of hydrogen-bond acceptors (Lipinski definition) is 2. The Kier molecular flexibility index (Phi) is 11.1. The van der Waals surface area contributed by atoms with E-state index in [0.29, 0.717) is 0 Å². The van der Waals surface area contributed by atoms with Crippen molar-refractivity contribution < 1.29 is 12.8 Å². The lowest BCUT2D eigenvalue weighted by Gasteiger charge is -2.25. The molecule has 0 saturated heterocycles. The van der Waals surface area contributed by atoms with Gasteiger partial charge in [-0.2, -0.15) is 0 Å². The van der Waals surface area contributed by atoms with Gasteiger partial charge in [0, 0.05) is 5.92 Å². The average molecular weight is 422 g/mol. The molecule has 0 aliphatic rings. The van der Waals surface area contributed by atoms with Gasteiger partial charge in [0.1, 0.15) is 5.82 Å². The number of sulfonamides is 1. The van der Waals surface area contributed by atoms with Gasteiger partial charge in [0.25, 0.3) is 0 Å². The molecular formula is C24H36FNO2S. The Morgan fingerprint density at radius 1 is 1.21 bits per heavy atom. The van der Waals surface area contributed by atoms with Gasteiger partial charge in [-0.15, -0.1) is 0 Å². The van der Waals surface area contributed by atoms with Crippen molar-refractivity contribution in [3.63, 3.8) is 0 Å². The molecular weight excluding hydrogens is 385 g/mol. The highest BCUT2D eigenvalue weighted by atomic mass is 32.2. The minimum absolute atomic E-state index is 0.0317. The first kappa shape index (κ1) is 27.0. The number of nitrogens with two attached hydrogens (primary N) is 1. The Labute approximate surface area is 177 Å². The highest BCUT2D eigenvalue weighted by molar-refractivity contribution is 7.93. The molecule has 1 unspecified atom stereocenters. The number of primary sulfonamides is 1. The Morgan fingerprint density at radius 3 is 2.14 bits per heavy atom. The summed E-state index contributed by atoms with van der Waals surface area (Å²) >= 11 is 0. The van der Waals surface area contributed by atoms with Crippen LogP contribution in [0.4, 0.5) is 4.39 Å². The smallest absolute Gasteiger partial charge is 0.225 e. The van der Waals surface area contributed by atoms with Crippen molar-refractivity contribution in [1.29, 1.82) is 0 Å². The van der Waals surface area contributed by atoms with Crippen molar-refractivity contribution in [2.75, 3.05) is 0 Å². The zero-order chi connectivity index (χ0) is 22.8. The van der Waals surface area contributed by atoms with E-state index in [1.165, 1.54) is 18.2 Å². The lowest BCUT2D eigenvalue weighted by Crippen LogP contribution is -2.13. The molecule has 0 aliphatic heterocycles. The van der Waals surface area contributed by atoms with Crippen molar-refractivity contribution in [2.45, 2.75) is 54.9 Å². The Balaban J connectivity index is 0.00000379. The fourth-order valence-corrected chi connectivity index (χ4v) is 2.84. The Bertz CT molecular complexity index is 861. The molecule has 0 aliphatic carbocycles. The molecule has 162 valence electrons. The summed E-state index contributed by atoms with van der Waals surface area (Å²) in [6.45, 7) is 17.8. The lowest BCUT2D eigenvalue weighted by atomic mass is 9.80. The maximum Gasteiger partial charge on any atom is 0.237 e. The van der Waals surface area contributed by atoms with E-state index in [1.807, 2.05) is 33.8 Å². The van der Waals surface area contributed by atoms with Crippen LogP contribution in [-0.4, -0.2) is 8.42 Å². The summed E-state index contributed by atoms with van der Waals surface area (Å²) in [6.07, 6.45) is 8.21. The topological polar surface area (TPSA) is 60.2 Å². The molecule has 0 fully saturated rings. The SMILES string of the molecule is C=C(/C=C\C(=C/C)C(C)/C(=C\C(C)(C)CC)c1ccc(F)cc1)S(N)(=O)=O.CC. The quantitative estimate of drug-likeness (QED) is 0.480. The largest absolute Gasteiger partial charge is 0.237 e. The van der Waals surface area contributed by atoms with Crippen LogP contribution in [0.2, 0.25) is 0 Å². The fourth-order valence-electron chi connectivity index (χ4n) is 2.58. The van der Waals surface area contributed by atoms with E-state index in [0.717, 1.165) is 23.1 Å². The first-order chi connectivity index (χ1) is 13.4. The van der Waals surface area contributed by atoms with E-state index in [9.17, 15) is 12.8 Å². The third kappa shape index (κ3) is 8.92.